The van der Waals surface area contributed by atoms with Gasteiger partial charge in [0.25, 0.3) is 0 Å². The van der Waals surface area contributed by atoms with E-state index in [1.165, 1.54) is 4.90 Å². The third-order valence-corrected chi connectivity index (χ3v) is 6.22. The largest absolute Gasteiger partial charge is 0.465 e. The molecule has 0 radical (unpaired) electrons. The quantitative estimate of drug-likeness (QED) is 0.542. The Kier molecular flexibility index (Phi) is 5.65. The fraction of sp³-hybridized carbons (Fsp3) is 0.350. The number of amides is 1. The van der Waals surface area contributed by atoms with Crippen molar-refractivity contribution in [2.75, 3.05) is 11.9 Å². The third-order valence-electron chi connectivity index (χ3n) is 5.33. The van der Waals surface area contributed by atoms with Crippen molar-refractivity contribution in [1.29, 1.82) is 0 Å². The van der Waals surface area contributed by atoms with E-state index >= 15 is 0 Å². The zero-order chi connectivity index (χ0) is 20.5. The number of hydrogen-bond acceptors (Lipinski definition) is 4. The summed E-state index contributed by atoms with van der Waals surface area (Å²) in [6.07, 6.45) is 3.57. The maximum absolute atomic E-state index is 11.7. The van der Waals surface area contributed by atoms with Crippen molar-refractivity contribution in [1.82, 2.24) is 19.5 Å². The van der Waals surface area contributed by atoms with Gasteiger partial charge in [-0.3, -0.25) is 0 Å². The van der Waals surface area contributed by atoms with Crippen molar-refractivity contribution >= 4 is 45.1 Å². The second kappa shape index (κ2) is 8.20. The lowest BCUT2D eigenvalue weighted by atomic mass is 9.97. The number of nitrogens with zero attached hydrogens (tertiary/aromatic N) is 4. The van der Waals surface area contributed by atoms with E-state index < -0.39 is 6.09 Å². The van der Waals surface area contributed by atoms with Gasteiger partial charge in [0, 0.05) is 29.2 Å². The molecule has 0 bridgehead atoms. The molecule has 0 spiro atoms. The fourth-order valence-corrected chi connectivity index (χ4v) is 4.47. The van der Waals surface area contributed by atoms with Crippen LogP contribution in [0.4, 0.5) is 10.6 Å². The lowest BCUT2D eigenvalue weighted by Crippen LogP contribution is -2.50. The highest BCUT2D eigenvalue weighted by Gasteiger charge is 2.31. The molecule has 1 aliphatic rings. The number of aromatic nitrogens is 3. The van der Waals surface area contributed by atoms with Gasteiger partial charge >= 0.3 is 6.09 Å². The number of anilines is 1. The Morgan fingerprint density at radius 2 is 2.17 bits per heavy atom. The number of nitrogens with one attached hydrogen (secondary N) is 1. The minimum Gasteiger partial charge on any atom is -0.465 e. The van der Waals surface area contributed by atoms with Gasteiger partial charge in [-0.15, -0.1) is 0 Å². The van der Waals surface area contributed by atoms with Gasteiger partial charge in [0.2, 0.25) is 0 Å². The van der Waals surface area contributed by atoms with E-state index in [4.69, 9.17) is 16.6 Å². The second-order valence-corrected chi connectivity index (χ2v) is 8.47. The van der Waals surface area contributed by atoms with E-state index in [0.29, 0.717) is 17.2 Å². The van der Waals surface area contributed by atoms with Crippen LogP contribution in [0.15, 0.2) is 41.0 Å². The molecule has 3 heterocycles. The van der Waals surface area contributed by atoms with Crippen LogP contribution in [0, 0.1) is 0 Å². The van der Waals surface area contributed by atoms with E-state index in [0.717, 1.165) is 40.8 Å². The molecule has 4 rings (SSSR count). The molecule has 152 valence electrons. The van der Waals surface area contributed by atoms with E-state index in [2.05, 4.69) is 26.3 Å². The van der Waals surface area contributed by atoms with Gasteiger partial charge in [0.1, 0.15) is 5.82 Å². The minimum absolute atomic E-state index is 0.0981. The average Bonchev–Trinajstić information content (AvgIpc) is 3.09. The van der Waals surface area contributed by atoms with Crippen LogP contribution in [-0.2, 0) is 0 Å². The molecule has 1 aromatic carbocycles. The predicted molar refractivity (Wildman–Crippen MR) is 117 cm³/mol. The summed E-state index contributed by atoms with van der Waals surface area (Å²) in [5.74, 6) is 0.735. The number of fused-ring (bicyclic) bond motifs is 1. The summed E-state index contributed by atoms with van der Waals surface area (Å²) in [4.78, 5) is 17.9. The Balaban J connectivity index is 1.73. The summed E-state index contributed by atoms with van der Waals surface area (Å²) in [6.45, 7) is 2.57. The lowest BCUT2D eigenvalue weighted by molar-refractivity contribution is 0.101. The third kappa shape index (κ3) is 3.91. The molecule has 0 aliphatic carbocycles. The van der Waals surface area contributed by atoms with E-state index in [-0.39, 0.29) is 12.1 Å². The summed E-state index contributed by atoms with van der Waals surface area (Å²) in [5, 5.41) is 18.1. The molecule has 2 unspecified atom stereocenters. The number of carboxylic acid groups (broad SMARTS) is 1. The maximum atomic E-state index is 11.7. The van der Waals surface area contributed by atoms with Gasteiger partial charge < -0.3 is 15.3 Å². The van der Waals surface area contributed by atoms with Gasteiger partial charge in [-0.25, -0.2) is 9.78 Å². The van der Waals surface area contributed by atoms with Gasteiger partial charge in [0.05, 0.1) is 22.4 Å². The number of rotatable bonds is 4. The number of piperidine rings is 1. The van der Waals surface area contributed by atoms with Crippen LogP contribution in [0.5, 0.6) is 0 Å². The van der Waals surface area contributed by atoms with E-state index in [1.807, 2.05) is 37.3 Å². The SMILES string of the molecule is CC(Nc1cc(-c2ccccc2Cl)nc2c(Br)cnn12)C1CCCCN1C(=O)O. The van der Waals surface area contributed by atoms with E-state index in [9.17, 15) is 9.90 Å². The van der Waals surface area contributed by atoms with Gasteiger partial charge in [-0.1, -0.05) is 29.8 Å². The molecule has 0 saturated carbocycles. The summed E-state index contributed by atoms with van der Waals surface area (Å²) in [5.41, 5.74) is 2.21. The van der Waals surface area contributed by atoms with Crippen molar-refractivity contribution in [2.45, 2.75) is 38.3 Å². The normalized spacial score (nSPS) is 18.0. The number of halogens is 2. The van der Waals surface area contributed by atoms with Crippen LogP contribution in [0.3, 0.4) is 0 Å². The summed E-state index contributed by atoms with van der Waals surface area (Å²) in [6, 6.07) is 9.25. The van der Waals surface area contributed by atoms with Crippen LogP contribution in [0.2, 0.25) is 5.02 Å². The molecular formula is C20H21BrClN5O2. The molecule has 2 atom stereocenters. The van der Waals surface area contributed by atoms with Crippen molar-refractivity contribution in [2.24, 2.45) is 0 Å². The Bertz CT molecular complexity index is 1060. The highest BCUT2D eigenvalue weighted by Crippen LogP contribution is 2.31. The highest BCUT2D eigenvalue weighted by atomic mass is 79.9. The van der Waals surface area contributed by atoms with Crippen LogP contribution < -0.4 is 5.32 Å². The Hall–Kier alpha value is -2.32. The van der Waals surface area contributed by atoms with Crippen molar-refractivity contribution in [3.63, 3.8) is 0 Å². The van der Waals surface area contributed by atoms with Gasteiger partial charge in [-0.05, 0) is 48.2 Å². The van der Waals surface area contributed by atoms with Gasteiger partial charge in [0.15, 0.2) is 5.65 Å². The Labute approximate surface area is 181 Å². The van der Waals surface area contributed by atoms with Crippen molar-refractivity contribution in [3.05, 3.63) is 46.0 Å². The molecule has 1 fully saturated rings. The monoisotopic (exact) mass is 477 g/mol. The average molecular weight is 479 g/mol. The van der Waals surface area contributed by atoms with Crippen molar-refractivity contribution in [3.8, 4) is 11.3 Å². The smallest absolute Gasteiger partial charge is 0.407 e. The first-order valence-electron chi connectivity index (χ1n) is 9.51. The second-order valence-electron chi connectivity index (χ2n) is 7.21. The molecule has 9 heteroatoms. The minimum atomic E-state index is -0.873. The molecule has 1 amide bonds. The van der Waals surface area contributed by atoms with Crippen LogP contribution in [0.1, 0.15) is 26.2 Å². The molecule has 1 aliphatic heterocycles. The number of likely N-dealkylation sites (tertiary alicyclic amines) is 1. The first kappa shape index (κ1) is 20.0. The summed E-state index contributed by atoms with van der Waals surface area (Å²) < 4.78 is 2.49. The first-order valence-corrected chi connectivity index (χ1v) is 10.7. The molecule has 2 N–H and O–H groups in total. The van der Waals surface area contributed by atoms with Crippen LogP contribution in [-0.4, -0.2) is 49.3 Å². The summed E-state index contributed by atoms with van der Waals surface area (Å²) in [7, 11) is 0. The highest BCUT2D eigenvalue weighted by molar-refractivity contribution is 9.10. The zero-order valence-corrected chi connectivity index (χ0v) is 18.2. The summed E-state index contributed by atoms with van der Waals surface area (Å²) >= 11 is 9.90. The standard InChI is InChI=1S/C20H21BrClN5O2/c1-12(17-8-4-5-9-26(17)20(28)29)24-18-10-16(13-6-2-3-7-15(13)22)25-19-14(21)11-23-27(18)19/h2-3,6-7,10-12,17,24H,4-5,8-9H2,1H3,(H,28,29). The van der Waals surface area contributed by atoms with Gasteiger partial charge in [-0.2, -0.15) is 9.61 Å². The Morgan fingerprint density at radius 3 is 2.93 bits per heavy atom. The first-order chi connectivity index (χ1) is 14.0. The number of hydrogen-bond donors (Lipinski definition) is 2. The zero-order valence-electron chi connectivity index (χ0n) is 15.8. The Morgan fingerprint density at radius 1 is 1.38 bits per heavy atom. The molecule has 2 aromatic heterocycles. The number of benzene rings is 1. The molecule has 29 heavy (non-hydrogen) atoms. The maximum Gasteiger partial charge on any atom is 0.407 e. The fourth-order valence-electron chi connectivity index (χ4n) is 3.89. The van der Waals surface area contributed by atoms with E-state index in [1.54, 1.807) is 10.7 Å². The molecular weight excluding hydrogens is 458 g/mol. The number of carbonyl (C=O) groups is 1. The van der Waals surface area contributed by atoms with Crippen LogP contribution >= 0.6 is 27.5 Å². The molecule has 3 aromatic rings. The molecule has 7 nitrogen and oxygen atoms in total. The van der Waals surface area contributed by atoms with Crippen molar-refractivity contribution < 1.29 is 9.90 Å². The lowest BCUT2D eigenvalue weighted by Gasteiger charge is -2.37. The van der Waals surface area contributed by atoms with Crippen LogP contribution in [0.25, 0.3) is 16.9 Å². The predicted octanol–water partition coefficient (Wildman–Crippen LogP) is 5.15. The topological polar surface area (TPSA) is 82.8 Å². The molecule has 1 saturated heterocycles.